The third-order valence-corrected chi connectivity index (χ3v) is 3.90. The fourth-order valence-corrected chi connectivity index (χ4v) is 2.40. The Bertz CT molecular complexity index is 611. The maximum absolute atomic E-state index is 12.7. The molecule has 0 spiro atoms. The van der Waals surface area contributed by atoms with Crippen molar-refractivity contribution < 1.29 is 9.90 Å². The van der Waals surface area contributed by atoms with Crippen LogP contribution in [0.15, 0.2) is 54.6 Å². The summed E-state index contributed by atoms with van der Waals surface area (Å²) in [7, 11) is 2.02. The molecular weight excluding hydrogens is 288 g/mol. The first-order valence-electron chi connectivity index (χ1n) is 7.91. The Labute approximate surface area is 138 Å². The Morgan fingerprint density at radius 1 is 1.04 bits per heavy atom. The highest BCUT2D eigenvalue weighted by molar-refractivity contribution is 5.94. The number of rotatable bonds is 7. The molecule has 0 aliphatic carbocycles. The predicted molar refractivity (Wildman–Crippen MR) is 93.7 cm³/mol. The number of aliphatic hydroxyl groups excluding tert-OH is 1. The SMILES string of the molecule is CCN(C)c1ccc(C(=O)N(CCO)Cc2ccccc2)cc1. The van der Waals surface area contributed by atoms with Crippen LogP contribution in [0.4, 0.5) is 5.69 Å². The van der Waals surface area contributed by atoms with E-state index in [1.807, 2.05) is 61.6 Å². The molecule has 0 unspecified atom stereocenters. The summed E-state index contributed by atoms with van der Waals surface area (Å²) in [4.78, 5) is 16.5. The van der Waals surface area contributed by atoms with Gasteiger partial charge in [0.15, 0.2) is 0 Å². The molecule has 0 aromatic heterocycles. The van der Waals surface area contributed by atoms with Crippen molar-refractivity contribution in [1.82, 2.24) is 4.90 Å². The molecule has 2 aromatic carbocycles. The van der Waals surface area contributed by atoms with E-state index < -0.39 is 0 Å². The zero-order chi connectivity index (χ0) is 16.7. The monoisotopic (exact) mass is 312 g/mol. The van der Waals surface area contributed by atoms with E-state index in [1.165, 1.54) is 0 Å². The lowest BCUT2D eigenvalue weighted by Gasteiger charge is -2.23. The van der Waals surface area contributed by atoms with Crippen molar-refractivity contribution in [1.29, 1.82) is 0 Å². The van der Waals surface area contributed by atoms with E-state index >= 15 is 0 Å². The zero-order valence-corrected chi connectivity index (χ0v) is 13.8. The highest BCUT2D eigenvalue weighted by Crippen LogP contribution is 2.16. The number of carbonyl (C=O) groups is 1. The molecule has 0 radical (unpaired) electrons. The number of benzene rings is 2. The van der Waals surface area contributed by atoms with E-state index in [4.69, 9.17) is 0 Å². The van der Waals surface area contributed by atoms with Gasteiger partial charge in [0.05, 0.1) is 6.61 Å². The van der Waals surface area contributed by atoms with Crippen LogP contribution in [-0.2, 0) is 6.54 Å². The Morgan fingerprint density at radius 2 is 1.70 bits per heavy atom. The normalized spacial score (nSPS) is 10.4. The van der Waals surface area contributed by atoms with Gasteiger partial charge < -0.3 is 14.9 Å². The van der Waals surface area contributed by atoms with Crippen LogP contribution in [0.1, 0.15) is 22.8 Å². The van der Waals surface area contributed by atoms with Crippen LogP contribution in [0.3, 0.4) is 0 Å². The van der Waals surface area contributed by atoms with Gasteiger partial charge in [-0.1, -0.05) is 30.3 Å². The first kappa shape index (κ1) is 17.0. The number of amides is 1. The predicted octanol–water partition coefficient (Wildman–Crippen LogP) is 2.78. The molecule has 2 rings (SSSR count). The fraction of sp³-hybridized carbons (Fsp3) is 0.316. The Kier molecular flexibility index (Phi) is 6.18. The zero-order valence-electron chi connectivity index (χ0n) is 13.8. The first-order chi connectivity index (χ1) is 11.2. The van der Waals surface area contributed by atoms with Crippen LogP contribution < -0.4 is 4.90 Å². The maximum atomic E-state index is 12.7. The van der Waals surface area contributed by atoms with Crippen molar-refractivity contribution in [3.05, 3.63) is 65.7 Å². The second-order valence-electron chi connectivity index (χ2n) is 5.50. The van der Waals surface area contributed by atoms with Crippen molar-refractivity contribution in [3.8, 4) is 0 Å². The van der Waals surface area contributed by atoms with E-state index in [-0.39, 0.29) is 12.5 Å². The summed E-state index contributed by atoms with van der Waals surface area (Å²) < 4.78 is 0. The smallest absolute Gasteiger partial charge is 0.254 e. The summed E-state index contributed by atoms with van der Waals surface area (Å²) in [6.45, 7) is 3.77. The lowest BCUT2D eigenvalue weighted by molar-refractivity contribution is 0.0708. The van der Waals surface area contributed by atoms with Crippen molar-refractivity contribution in [2.75, 3.05) is 31.6 Å². The minimum absolute atomic E-state index is 0.0464. The molecule has 122 valence electrons. The third-order valence-electron chi connectivity index (χ3n) is 3.90. The molecule has 0 heterocycles. The maximum Gasteiger partial charge on any atom is 0.254 e. The minimum atomic E-state index is -0.0615. The molecule has 1 N–H and O–H groups in total. The van der Waals surface area contributed by atoms with E-state index in [0.717, 1.165) is 17.8 Å². The van der Waals surface area contributed by atoms with Gasteiger partial charge in [0.25, 0.3) is 5.91 Å². The molecule has 1 amide bonds. The summed E-state index contributed by atoms with van der Waals surface area (Å²) in [5, 5.41) is 9.26. The van der Waals surface area contributed by atoms with Crippen molar-refractivity contribution >= 4 is 11.6 Å². The quantitative estimate of drug-likeness (QED) is 0.855. The van der Waals surface area contributed by atoms with E-state index in [2.05, 4.69) is 11.8 Å². The van der Waals surface area contributed by atoms with E-state index in [1.54, 1.807) is 4.90 Å². The first-order valence-corrected chi connectivity index (χ1v) is 7.91. The van der Waals surface area contributed by atoms with Gasteiger partial charge in [0.1, 0.15) is 0 Å². The Hall–Kier alpha value is -2.33. The van der Waals surface area contributed by atoms with Crippen molar-refractivity contribution in [2.45, 2.75) is 13.5 Å². The molecule has 23 heavy (non-hydrogen) atoms. The van der Waals surface area contributed by atoms with Crippen LogP contribution >= 0.6 is 0 Å². The number of hydrogen-bond acceptors (Lipinski definition) is 3. The molecule has 0 bridgehead atoms. The number of carbonyl (C=O) groups excluding carboxylic acids is 1. The average molecular weight is 312 g/mol. The van der Waals surface area contributed by atoms with Crippen molar-refractivity contribution in [2.24, 2.45) is 0 Å². The van der Waals surface area contributed by atoms with Gasteiger partial charge in [-0.15, -0.1) is 0 Å². The minimum Gasteiger partial charge on any atom is -0.395 e. The Balaban J connectivity index is 2.14. The largest absolute Gasteiger partial charge is 0.395 e. The molecule has 0 fully saturated rings. The van der Waals surface area contributed by atoms with Crippen molar-refractivity contribution in [3.63, 3.8) is 0 Å². The summed E-state index contributed by atoms with van der Waals surface area (Å²) in [6, 6.07) is 17.4. The van der Waals surface area contributed by atoms with Crippen LogP contribution in [0, 0.1) is 0 Å². The molecule has 0 saturated carbocycles. The van der Waals surface area contributed by atoms with Gasteiger partial charge in [-0.3, -0.25) is 4.79 Å². The third kappa shape index (κ3) is 4.57. The number of anilines is 1. The van der Waals surface area contributed by atoms with Crippen LogP contribution in [0.2, 0.25) is 0 Å². The fourth-order valence-electron chi connectivity index (χ4n) is 2.40. The van der Waals surface area contributed by atoms with Crippen LogP contribution in [0.5, 0.6) is 0 Å². The second-order valence-corrected chi connectivity index (χ2v) is 5.50. The Morgan fingerprint density at radius 3 is 2.26 bits per heavy atom. The van der Waals surface area contributed by atoms with Gasteiger partial charge in [-0.25, -0.2) is 0 Å². The highest BCUT2D eigenvalue weighted by atomic mass is 16.3. The lowest BCUT2D eigenvalue weighted by Crippen LogP contribution is -2.33. The molecule has 2 aromatic rings. The molecule has 4 nitrogen and oxygen atoms in total. The van der Waals surface area contributed by atoms with E-state index in [9.17, 15) is 9.90 Å². The number of nitrogens with zero attached hydrogens (tertiary/aromatic N) is 2. The standard InChI is InChI=1S/C19H24N2O2/c1-3-20(2)18-11-9-17(10-12-18)19(23)21(13-14-22)15-16-7-5-4-6-8-16/h4-12,22H,3,13-15H2,1-2H3. The molecule has 4 heteroatoms. The lowest BCUT2D eigenvalue weighted by atomic mass is 10.1. The van der Waals surface area contributed by atoms with Gasteiger partial charge in [0.2, 0.25) is 0 Å². The number of hydrogen-bond donors (Lipinski definition) is 1. The molecular formula is C19H24N2O2. The van der Waals surface area contributed by atoms with E-state index in [0.29, 0.717) is 18.7 Å². The summed E-state index contributed by atoms with van der Waals surface area (Å²) in [5.74, 6) is -0.0615. The van der Waals surface area contributed by atoms with Gasteiger partial charge in [-0.05, 0) is 36.8 Å². The number of aliphatic hydroxyl groups is 1. The molecule has 0 aliphatic heterocycles. The van der Waals surface area contributed by atoms with Crippen LogP contribution in [-0.4, -0.2) is 42.7 Å². The summed E-state index contributed by atoms with van der Waals surface area (Å²) in [5.41, 5.74) is 2.78. The van der Waals surface area contributed by atoms with Gasteiger partial charge in [0, 0.05) is 37.9 Å². The van der Waals surface area contributed by atoms with Gasteiger partial charge >= 0.3 is 0 Å². The highest BCUT2D eigenvalue weighted by Gasteiger charge is 2.16. The molecule has 0 saturated heterocycles. The second kappa shape index (κ2) is 8.34. The van der Waals surface area contributed by atoms with Gasteiger partial charge in [-0.2, -0.15) is 0 Å². The molecule has 0 aliphatic rings. The molecule has 0 atom stereocenters. The van der Waals surface area contributed by atoms with Crippen LogP contribution in [0.25, 0.3) is 0 Å². The average Bonchev–Trinajstić information content (AvgIpc) is 2.61. The summed E-state index contributed by atoms with van der Waals surface area (Å²) >= 11 is 0. The topological polar surface area (TPSA) is 43.8 Å². The summed E-state index contributed by atoms with van der Waals surface area (Å²) in [6.07, 6.45) is 0.